The van der Waals surface area contributed by atoms with Crippen molar-refractivity contribution >= 4 is 17.8 Å². The average Bonchev–Trinajstić information content (AvgIpc) is 3.17. The van der Waals surface area contributed by atoms with E-state index in [-0.39, 0.29) is 24.5 Å². The molecule has 0 fully saturated rings. The Morgan fingerprint density at radius 3 is 1.24 bits per heavy atom. The van der Waals surface area contributed by atoms with E-state index in [0.29, 0.717) is 12.8 Å². The van der Waals surface area contributed by atoms with Gasteiger partial charge in [-0.05, 0) is 57.8 Å². The normalized spacial score (nSPS) is 12.0. The van der Waals surface area contributed by atoms with Crippen molar-refractivity contribution in [2.24, 2.45) is 0 Å². The van der Waals surface area contributed by atoms with Crippen LogP contribution in [-0.4, -0.2) is 35.6 Å². The molecule has 0 aromatic carbocycles. The number of allylic oxidation sites excluding steroid dienone is 2. The lowest BCUT2D eigenvalue weighted by molar-refractivity contribution is -0.150. The van der Waals surface area contributed by atoms with Gasteiger partial charge >= 0.3 is 11.9 Å². The molecule has 1 atom stereocenters. The summed E-state index contributed by atoms with van der Waals surface area (Å²) in [5.41, 5.74) is 0. The highest BCUT2D eigenvalue weighted by Crippen LogP contribution is 2.19. The van der Waals surface area contributed by atoms with Crippen LogP contribution < -0.4 is 5.32 Å². The Kier molecular flexibility index (Phi) is 43.4. The minimum absolute atomic E-state index is 0.000906. The van der Waals surface area contributed by atoms with Crippen molar-refractivity contribution in [1.82, 2.24) is 5.32 Å². The van der Waals surface area contributed by atoms with Gasteiger partial charge in [0.15, 0.2) is 0 Å². The third-order valence-electron chi connectivity index (χ3n) is 11.2. The molecule has 0 aliphatic heterocycles. The number of carbonyl (C=O) groups is 3. The highest BCUT2D eigenvalue weighted by Gasteiger charge is 2.14. The van der Waals surface area contributed by atoms with Gasteiger partial charge in [-0.15, -0.1) is 0 Å². The predicted octanol–water partition coefficient (Wildman–Crippen LogP) is 15.3. The number of carboxylic acids is 1. The molecule has 6 nitrogen and oxygen atoms in total. The number of carboxylic acid groups (broad SMARTS) is 1. The Balaban J connectivity index is 3.99. The van der Waals surface area contributed by atoms with Gasteiger partial charge in [0, 0.05) is 12.8 Å². The van der Waals surface area contributed by atoms with E-state index >= 15 is 0 Å². The third kappa shape index (κ3) is 44.7. The fourth-order valence-corrected chi connectivity index (χ4v) is 7.58. The molecule has 0 aromatic heterocycles. The maximum Gasteiger partial charge on any atom is 0.322 e. The molecule has 0 heterocycles. The summed E-state index contributed by atoms with van der Waals surface area (Å²) in [4.78, 5) is 35.1. The summed E-state index contributed by atoms with van der Waals surface area (Å²) >= 11 is 0. The van der Waals surface area contributed by atoms with Crippen LogP contribution in [0.15, 0.2) is 12.2 Å². The predicted molar refractivity (Wildman–Crippen MR) is 236 cm³/mol. The van der Waals surface area contributed by atoms with E-state index in [1.54, 1.807) is 0 Å². The number of hydrogen-bond acceptors (Lipinski definition) is 4. The van der Waals surface area contributed by atoms with Crippen LogP contribution in [0, 0.1) is 0 Å². The highest BCUT2D eigenvalue weighted by molar-refractivity contribution is 5.80. The summed E-state index contributed by atoms with van der Waals surface area (Å²) in [5, 5.41) is 11.1. The molecule has 1 amide bonds. The zero-order valence-electron chi connectivity index (χ0n) is 36.8. The summed E-state index contributed by atoms with van der Waals surface area (Å²) in [6.45, 7) is 4.24. The van der Waals surface area contributed by atoms with Crippen molar-refractivity contribution < 1.29 is 24.2 Å². The van der Waals surface area contributed by atoms with Crippen LogP contribution >= 0.6 is 0 Å². The number of unbranched alkanes of at least 4 members (excludes halogenated alkanes) is 32. The first-order chi connectivity index (χ1) is 27.0. The number of aliphatic carboxylic acids is 1. The quantitative estimate of drug-likeness (QED) is 0.0365. The van der Waals surface area contributed by atoms with Crippen LogP contribution in [0.1, 0.15) is 271 Å². The molecule has 0 saturated carbocycles. The standard InChI is InChI=1S/C49H93NO5/c1-3-5-7-9-11-13-15-16-17-18-19-20-21-22-23-24-25-27-29-31-36-40-44-49(54)55-46(41-37-33-30-28-26-14-12-10-8-6-4-2)42-38-34-32-35-39-43-47(51)50-45-48(52)53/h28,30,46H,3-27,29,31-45H2,1-2H3,(H,50,51)(H,52,53)/b30-28-. The van der Waals surface area contributed by atoms with Gasteiger partial charge in [-0.3, -0.25) is 14.4 Å². The molecule has 324 valence electrons. The average molecular weight is 776 g/mol. The van der Waals surface area contributed by atoms with Gasteiger partial charge in [0.2, 0.25) is 5.91 Å². The molecule has 0 aliphatic carbocycles. The van der Waals surface area contributed by atoms with Crippen molar-refractivity contribution in [2.45, 2.75) is 277 Å². The monoisotopic (exact) mass is 776 g/mol. The van der Waals surface area contributed by atoms with E-state index in [1.165, 1.54) is 173 Å². The smallest absolute Gasteiger partial charge is 0.322 e. The second-order valence-electron chi connectivity index (χ2n) is 16.7. The Hall–Kier alpha value is -1.85. The van der Waals surface area contributed by atoms with E-state index in [0.717, 1.165) is 70.6 Å². The summed E-state index contributed by atoms with van der Waals surface area (Å²) in [6.07, 6.45) is 53.6. The maximum atomic E-state index is 12.8. The highest BCUT2D eigenvalue weighted by atomic mass is 16.5. The number of amides is 1. The Morgan fingerprint density at radius 1 is 0.455 bits per heavy atom. The summed E-state index contributed by atoms with van der Waals surface area (Å²) in [7, 11) is 0. The van der Waals surface area contributed by atoms with Gasteiger partial charge in [0.05, 0.1) is 0 Å². The fraction of sp³-hybridized carbons (Fsp3) is 0.898. The molecule has 6 heteroatoms. The lowest BCUT2D eigenvalue weighted by Gasteiger charge is -2.18. The molecule has 0 spiro atoms. The minimum Gasteiger partial charge on any atom is -0.480 e. The third-order valence-corrected chi connectivity index (χ3v) is 11.2. The molecular weight excluding hydrogens is 683 g/mol. The van der Waals surface area contributed by atoms with E-state index in [1.807, 2.05) is 0 Å². The van der Waals surface area contributed by atoms with E-state index in [2.05, 4.69) is 31.3 Å². The summed E-state index contributed by atoms with van der Waals surface area (Å²) in [5.74, 6) is -1.23. The first-order valence-corrected chi connectivity index (χ1v) is 24.3. The molecule has 0 aliphatic rings. The van der Waals surface area contributed by atoms with Crippen molar-refractivity contribution in [2.75, 3.05) is 6.54 Å². The van der Waals surface area contributed by atoms with E-state index in [9.17, 15) is 14.4 Å². The second-order valence-corrected chi connectivity index (χ2v) is 16.7. The number of ether oxygens (including phenoxy) is 1. The SMILES string of the molecule is CCCCCCCC/C=C\CCCC(CCCCCCCC(=O)NCC(=O)O)OC(=O)CCCCCCCCCCCCCCCCCCCCCCCC. The van der Waals surface area contributed by atoms with Crippen molar-refractivity contribution in [1.29, 1.82) is 0 Å². The summed E-state index contributed by atoms with van der Waals surface area (Å²) in [6, 6.07) is 0. The van der Waals surface area contributed by atoms with Gasteiger partial charge < -0.3 is 15.2 Å². The van der Waals surface area contributed by atoms with Gasteiger partial charge in [0.1, 0.15) is 12.6 Å². The maximum absolute atomic E-state index is 12.8. The molecule has 0 bridgehead atoms. The van der Waals surface area contributed by atoms with Gasteiger partial charge in [-0.25, -0.2) is 0 Å². The number of rotatable bonds is 45. The van der Waals surface area contributed by atoms with Crippen LogP contribution in [0.2, 0.25) is 0 Å². The van der Waals surface area contributed by atoms with Crippen LogP contribution in [0.25, 0.3) is 0 Å². The van der Waals surface area contributed by atoms with Crippen LogP contribution in [-0.2, 0) is 19.1 Å². The molecule has 0 saturated heterocycles. The zero-order chi connectivity index (χ0) is 40.1. The zero-order valence-corrected chi connectivity index (χ0v) is 36.8. The minimum atomic E-state index is -1.01. The van der Waals surface area contributed by atoms with Gasteiger partial charge in [0.25, 0.3) is 0 Å². The van der Waals surface area contributed by atoms with Crippen LogP contribution in [0.3, 0.4) is 0 Å². The Bertz CT molecular complexity index is 858. The van der Waals surface area contributed by atoms with E-state index < -0.39 is 5.97 Å². The lowest BCUT2D eigenvalue weighted by atomic mass is 10.0. The van der Waals surface area contributed by atoms with E-state index in [4.69, 9.17) is 9.84 Å². The molecule has 0 radical (unpaired) electrons. The van der Waals surface area contributed by atoms with Crippen LogP contribution in [0.4, 0.5) is 0 Å². The Morgan fingerprint density at radius 2 is 0.800 bits per heavy atom. The molecule has 1 unspecified atom stereocenters. The van der Waals surface area contributed by atoms with Gasteiger partial charge in [-0.2, -0.15) is 0 Å². The summed E-state index contributed by atoms with van der Waals surface area (Å²) < 4.78 is 6.03. The first kappa shape index (κ1) is 53.1. The molecular formula is C49H93NO5. The van der Waals surface area contributed by atoms with Crippen molar-refractivity contribution in [3.05, 3.63) is 12.2 Å². The molecule has 55 heavy (non-hydrogen) atoms. The van der Waals surface area contributed by atoms with Crippen molar-refractivity contribution in [3.63, 3.8) is 0 Å². The molecule has 0 rings (SSSR count). The number of nitrogens with one attached hydrogen (secondary N) is 1. The molecule has 0 aromatic rings. The van der Waals surface area contributed by atoms with Gasteiger partial charge in [-0.1, -0.05) is 212 Å². The number of hydrogen-bond donors (Lipinski definition) is 2. The second kappa shape index (κ2) is 44.9. The first-order valence-electron chi connectivity index (χ1n) is 24.3. The van der Waals surface area contributed by atoms with Crippen molar-refractivity contribution in [3.8, 4) is 0 Å². The topological polar surface area (TPSA) is 92.7 Å². The largest absolute Gasteiger partial charge is 0.480 e. The number of carbonyl (C=O) groups excluding carboxylic acids is 2. The Labute approximate surface area is 342 Å². The number of esters is 1. The van der Waals surface area contributed by atoms with Crippen LogP contribution in [0.5, 0.6) is 0 Å². The fourth-order valence-electron chi connectivity index (χ4n) is 7.58. The molecule has 2 N–H and O–H groups in total. The lowest BCUT2D eigenvalue weighted by Crippen LogP contribution is -2.28.